The highest BCUT2D eigenvalue weighted by atomic mass is 16.5. The van der Waals surface area contributed by atoms with Crippen molar-refractivity contribution in [3.63, 3.8) is 0 Å². The van der Waals surface area contributed by atoms with E-state index in [4.69, 9.17) is 4.74 Å². The molecule has 17 heavy (non-hydrogen) atoms. The molecular formula is C15H23NO. The molecule has 0 aliphatic carbocycles. The van der Waals surface area contributed by atoms with E-state index < -0.39 is 0 Å². The summed E-state index contributed by atoms with van der Waals surface area (Å²) >= 11 is 0. The Morgan fingerprint density at radius 1 is 1.29 bits per heavy atom. The van der Waals surface area contributed by atoms with Crippen LogP contribution in [0.1, 0.15) is 37.8 Å². The van der Waals surface area contributed by atoms with Crippen LogP contribution in [0.4, 0.5) is 0 Å². The second-order valence-corrected chi connectivity index (χ2v) is 5.37. The highest BCUT2D eigenvalue weighted by molar-refractivity contribution is 5.25. The van der Waals surface area contributed by atoms with Crippen LogP contribution in [0.3, 0.4) is 0 Å². The summed E-state index contributed by atoms with van der Waals surface area (Å²) in [5.74, 6) is 0.609. The third kappa shape index (κ3) is 3.55. The zero-order valence-electron chi connectivity index (χ0n) is 11.1. The van der Waals surface area contributed by atoms with Crippen LogP contribution in [0.2, 0.25) is 0 Å². The van der Waals surface area contributed by atoms with Crippen LogP contribution < -0.4 is 5.32 Å². The van der Waals surface area contributed by atoms with Crippen molar-refractivity contribution in [1.29, 1.82) is 0 Å². The first-order chi connectivity index (χ1) is 8.15. The normalized spacial score (nSPS) is 25.2. The van der Waals surface area contributed by atoms with Gasteiger partial charge in [0.15, 0.2) is 0 Å². The molecule has 0 aromatic heterocycles. The van der Waals surface area contributed by atoms with Crippen LogP contribution >= 0.6 is 0 Å². The van der Waals surface area contributed by atoms with Crippen LogP contribution in [-0.4, -0.2) is 25.3 Å². The first-order valence-corrected chi connectivity index (χ1v) is 6.59. The van der Waals surface area contributed by atoms with E-state index in [9.17, 15) is 0 Å². The van der Waals surface area contributed by atoms with Gasteiger partial charge in [-0.1, -0.05) is 38.1 Å². The summed E-state index contributed by atoms with van der Waals surface area (Å²) < 4.78 is 5.81. The summed E-state index contributed by atoms with van der Waals surface area (Å²) in [6.45, 7) is 8.41. The first-order valence-electron chi connectivity index (χ1n) is 6.59. The molecule has 2 atom stereocenters. The molecule has 0 bridgehead atoms. The number of nitrogens with one attached hydrogen (secondary N) is 1. The molecule has 2 heteroatoms. The number of hydrogen-bond donors (Lipinski definition) is 1. The van der Waals surface area contributed by atoms with Crippen molar-refractivity contribution in [1.82, 2.24) is 5.32 Å². The van der Waals surface area contributed by atoms with Gasteiger partial charge in [0.2, 0.25) is 0 Å². The van der Waals surface area contributed by atoms with E-state index in [2.05, 4.69) is 50.4 Å². The largest absolute Gasteiger partial charge is 0.375 e. The summed E-state index contributed by atoms with van der Waals surface area (Å²) in [7, 11) is 0. The average molecular weight is 233 g/mol. The molecule has 1 aromatic carbocycles. The molecule has 1 fully saturated rings. The molecule has 0 amide bonds. The Labute approximate surface area is 104 Å². The lowest BCUT2D eigenvalue weighted by Gasteiger charge is -2.28. The van der Waals surface area contributed by atoms with Crippen molar-refractivity contribution in [2.45, 2.75) is 45.3 Å². The molecule has 0 spiro atoms. The van der Waals surface area contributed by atoms with Crippen LogP contribution in [0.15, 0.2) is 24.3 Å². The molecule has 94 valence electrons. The minimum Gasteiger partial charge on any atom is -0.375 e. The molecule has 1 heterocycles. The average Bonchev–Trinajstić information content (AvgIpc) is 2.33. The van der Waals surface area contributed by atoms with Crippen molar-refractivity contribution in [3.05, 3.63) is 35.4 Å². The third-order valence-corrected chi connectivity index (χ3v) is 3.39. The first kappa shape index (κ1) is 12.6. The minimum absolute atomic E-state index is 0.330. The lowest BCUT2D eigenvalue weighted by Crippen LogP contribution is -2.45. The van der Waals surface area contributed by atoms with E-state index in [0.717, 1.165) is 19.6 Å². The van der Waals surface area contributed by atoms with E-state index in [0.29, 0.717) is 18.1 Å². The van der Waals surface area contributed by atoms with Crippen LogP contribution in [0.25, 0.3) is 0 Å². The molecule has 0 radical (unpaired) electrons. The van der Waals surface area contributed by atoms with Gasteiger partial charge >= 0.3 is 0 Å². The summed E-state index contributed by atoms with van der Waals surface area (Å²) in [6, 6.07) is 9.43. The fourth-order valence-corrected chi connectivity index (χ4v) is 2.16. The van der Waals surface area contributed by atoms with Gasteiger partial charge in [-0.05, 0) is 30.4 Å². The SMILES string of the molecule is CC1COC(Cc2ccc(C(C)C)cc2)CN1. The number of rotatable bonds is 3. The second kappa shape index (κ2) is 5.65. The highest BCUT2D eigenvalue weighted by Gasteiger charge is 2.17. The monoisotopic (exact) mass is 233 g/mol. The molecule has 2 unspecified atom stereocenters. The van der Waals surface area contributed by atoms with Crippen molar-refractivity contribution in [3.8, 4) is 0 Å². The molecule has 1 aliphatic rings. The molecule has 1 aromatic rings. The fourth-order valence-electron chi connectivity index (χ4n) is 2.16. The predicted octanol–water partition coefficient (Wildman–Crippen LogP) is 2.73. The van der Waals surface area contributed by atoms with Crippen molar-refractivity contribution in [2.24, 2.45) is 0 Å². The summed E-state index contributed by atoms with van der Waals surface area (Å²) in [5.41, 5.74) is 2.78. The quantitative estimate of drug-likeness (QED) is 0.866. The van der Waals surface area contributed by atoms with Crippen molar-refractivity contribution >= 4 is 0 Å². The zero-order chi connectivity index (χ0) is 12.3. The summed E-state index contributed by atoms with van der Waals surface area (Å²) in [5, 5.41) is 3.46. The van der Waals surface area contributed by atoms with Crippen molar-refractivity contribution in [2.75, 3.05) is 13.2 Å². The lowest BCUT2D eigenvalue weighted by molar-refractivity contribution is 0.00881. The standard InChI is InChI=1S/C15H23NO/c1-11(2)14-6-4-13(5-7-14)8-15-9-16-12(3)10-17-15/h4-7,11-12,15-16H,8-10H2,1-3H3. The summed E-state index contributed by atoms with van der Waals surface area (Å²) in [4.78, 5) is 0. The Bertz CT molecular complexity index is 336. The van der Waals surface area contributed by atoms with Gasteiger partial charge in [-0.3, -0.25) is 0 Å². The molecule has 1 N–H and O–H groups in total. The van der Waals surface area contributed by atoms with E-state index >= 15 is 0 Å². The molecule has 2 rings (SSSR count). The number of hydrogen-bond acceptors (Lipinski definition) is 2. The molecular weight excluding hydrogens is 210 g/mol. The van der Waals surface area contributed by atoms with E-state index in [1.807, 2.05) is 0 Å². The maximum atomic E-state index is 5.81. The van der Waals surface area contributed by atoms with E-state index in [1.54, 1.807) is 0 Å². The fraction of sp³-hybridized carbons (Fsp3) is 0.600. The number of benzene rings is 1. The van der Waals surface area contributed by atoms with Gasteiger partial charge in [0.1, 0.15) is 0 Å². The lowest BCUT2D eigenvalue weighted by atomic mass is 9.99. The van der Waals surface area contributed by atoms with Crippen LogP contribution in [0, 0.1) is 0 Å². The molecule has 1 saturated heterocycles. The smallest absolute Gasteiger partial charge is 0.0740 e. The van der Waals surface area contributed by atoms with E-state index in [-0.39, 0.29) is 0 Å². The molecule has 1 aliphatic heterocycles. The van der Waals surface area contributed by atoms with Gasteiger partial charge in [0.25, 0.3) is 0 Å². The van der Waals surface area contributed by atoms with Gasteiger partial charge in [-0.25, -0.2) is 0 Å². The van der Waals surface area contributed by atoms with Crippen LogP contribution in [-0.2, 0) is 11.2 Å². The van der Waals surface area contributed by atoms with Crippen LogP contribution in [0.5, 0.6) is 0 Å². The summed E-state index contributed by atoms with van der Waals surface area (Å²) in [6.07, 6.45) is 1.34. The Morgan fingerprint density at radius 3 is 2.53 bits per heavy atom. The third-order valence-electron chi connectivity index (χ3n) is 3.39. The highest BCUT2D eigenvalue weighted by Crippen LogP contribution is 2.16. The number of morpholine rings is 1. The van der Waals surface area contributed by atoms with Gasteiger partial charge < -0.3 is 10.1 Å². The second-order valence-electron chi connectivity index (χ2n) is 5.37. The maximum absolute atomic E-state index is 5.81. The molecule has 0 saturated carbocycles. The molecule has 2 nitrogen and oxygen atoms in total. The van der Waals surface area contributed by atoms with E-state index in [1.165, 1.54) is 11.1 Å². The van der Waals surface area contributed by atoms with Gasteiger partial charge in [0.05, 0.1) is 12.7 Å². The van der Waals surface area contributed by atoms with Gasteiger partial charge in [-0.15, -0.1) is 0 Å². The van der Waals surface area contributed by atoms with Gasteiger partial charge in [0, 0.05) is 12.6 Å². The topological polar surface area (TPSA) is 21.3 Å². The Balaban J connectivity index is 1.90. The Hall–Kier alpha value is -0.860. The predicted molar refractivity (Wildman–Crippen MR) is 71.4 cm³/mol. The Kier molecular flexibility index (Phi) is 4.19. The maximum Gasteiger partial charge on any atom is 0.0740 e. The Morgan fingerprint density at radius 2 is 2.00 bits per heavy atom. The van der Waals surface area contributed by atoms with Gasteiger partial charge in [-0.2, -0.15) is 0 Å². The minimum atomic E-state index is 0.330. The zero-order valence-corrected chi connectivity index (χ0v) is 11.1. The number of ether oxygens (including phenoxy) is 1. The van der Waals surface area contributed by atoms with Crippen molar-refractivity contribution < 1.29 is 4.74 Å².